The summed E-state index contributed by atoms with van der Waals surface area (Å²) in [6.45, 7) is -0.573. The number of benzene rings is 1. The first-order valence-corrected chi connectivity index (χ1v) is 4.52. The van der Waals surface area contributed by atoms with Crippen LogP contribution in [0.2, 0.25) is 0 Å². The molecular formula is C9H6F2N4O2. The molecule has 0 radical (unpaired) electrons. The van der Waals surface area contributed by atoms with E-state index in [0.717, 1.165) is 16.8 Å². The van der Waals surface area contributed by atoms with Crippen LogP contribution in [-0.4, -0.2) is 31.3 Å². The Kier molecular flexibility index (Phi) is 2.77. The third kappa shape index (κ3) is 2.10. The Balaban J connectivity index is 2.53. The SMILES string of the molecule is O=C(O)Cn1nnnc1-c1c(F)cccc1F. The number of aromatic nitrogens is 4. The van der Waals surface area contributed by atoms with Crippen LogP contribution in [-0.2, 0) is 11.3 Å². The Hall–Kier alpha value is -2.38. The van der Waals surface area contributed by atoms with Crippen LogP contribution in [0.4, 0.5) is 8.78 Å². The number of carboxylic acids is 1. The summed E-state index contributed by atoms with van der Waals surface area (Å²) in [5, 5.41) is 18.6. The molecule has 0 spiro atoms. The molecule has 1 heterocycles. The minimum Gasteiger partial charge on any atom is -0.480 e. The van der Waals surface area contributed by atoms with E-state index in [1.54, 1.807) is 0 Å². The maximum absolute atomic E-state index is 13.4. The van der Waals surface area contributed by atoms with Crippen LogP contribution in [0.3, 0.4) is 0 Å². The van der Waals surface area contributed by atoms with Crippen LogP contribution in [0, 0.1) is 11.6 Å². The zero-order valence-electron chi connectivity index (χ0n) is 8.34. The Morgan fingerprint density at radius 2 is 2.00 bits per heavy atom. The van der Waals surface area contributed by atoms with Crippen molar-refractivity contribution >= 4 is 5.97 Å². The van der Waals surface area contributed by atoms with E-state index in [1.165, 1.54) is 6.07 Å². The van der Waals surface area contributed by atoms with E-state index in [1.807, 2.05) is 0 Å². The van der Waals surface area contributed by atoms with Crippen molar-refractivity contribution in [1.82, 2.24) is 20.2 Å². The minimum absolute atomic E-state index is 0.261. The van der Waals surface area contributed by atoms with Crippen molar-refractivity contribution in [2.75, 3.05) is 0 Å². The average Bonchev–Trinajstić information content (AvgIpc) is 2.65. The van der Waals surface area contributed by atoms with Crippen LogP contribution >= 0.6 is 0 Å². The molecule has 0 aliphatic heterocycles. The smallest absolute Gasteiger partial charge is 0.325 e. The fourth-order valence-corrected chi connectivity index (χ4v) is 1.33. The first-order valence-electron chi connectivity index (χ1n) is 4.52. The number of hydrogen-bond acceptors (Lipinski definition) is 4. The van der Waals surface area contributed by atoms with Crippen LogP contribution < -0.4 is 0 Å². The Morgan fingerprint density at radius 1 is 1.35 bits per heavy atom. The highest BCUT2D eigenvalue weighted by atomic mass is 19.1. The number of tetrazole rings is 1. The summed E-state index contributed by atoms with van der Waals surface area (Å²) in [5.74, 6) is -3.18. The molecule has 88 valence electrons. The zero-order valence-corrected chi connectivity index (χ0v) is 8.34. The normalized spacial score (nSPS) is 10.5. The van der Waals surface area contributed by atoms with Gasteiger partial charge in [-0.1, -0.05) is 6.07 Å². The summed E-state index contributed by atoms with van der Waals surface area (Å²) >= 11 is 0. The molecule has 0 unspecified atom stereocenters. The second kappa shape index (κ2) is 4.24. The van der Waals surface area contributed by atoms with E-state index < -0.39 is 29.7 Å². The Morgan fingerprint density at radius 3 is 2.59 bits per heavy atom. The van der Waals surface area contributed by atoms with Crippen LogP contribution in [0.25, 0.3) is 11.4 Å². The van der Waals surface area contributed by atoms with Crippen LogP contribution in [0.15, 0.2) is 18.2 Å². The number of carbonyl (C=O) groups is 1. The number of halogens is 2. The van der Waals surface area contributed by atoms with Gasteiger partial charge in [-0.15, -0.1) is 5.10 Å². The molecule has 0 amide bonds. The molecule has 2 aromatic rings. The minimum atomic E-state index is -1.21. The molecule has 0 fully saturated rings. The van der Waals surface area contributed by atoms with Crippen LogP contribution in [0.5, 0.6) is 0 Å². The molecule has 0 saturated carbocycles. The van der Waals surface area contributed by atoms with Crippen molar-refractivity contribution in [3.8, 4) is 11.4 Å². The molecule has 8 heteroatoms. The Labute approximate surface area is 93.5 Å². The largest absolute Gasteiger partial charge is 0.480 e. The van der Waals surface area contributed by atoms with Gasteiger partial charge in [0.1, 0.15) is 18.2 Å². The van der Waals surface area contributed by atoms with Gasteiger partial charge in [0.15, 0.2) is 5.82 Å². The number of hydrogen-bond donors (Lipinski definition) is 1. The van der Waals surface area contributed by atoms with Crippen molar-refractivity contribution in [1.29, 1.82) is 0 Å². The average molecular weight is 240 g/mol. The topological polar surface area (TPSA) is 80.9 Å². The number of rotatable bonds is 3. The first-order chi connectivity index (χ1) is 8.09. The summed E-state index contributed by atoms with van der Waals surface area (Å²) in [6, 6.07) is 3.27. The van der Waals surface area contributed by atoms with E-state index in [2.05, 4.69) is 15.5 Å². The molecular weight excluding hydrogens is 234 g/mol. The maximum atomic E-state index is 13.4. The van der Waals surface area contributed by atoms with Crippen molar-refractivity contribution < 1.29 is 18.7 Å². The van der Waals surface area contributed by atoms with E-state index in [4.69, 9.17) is 5.11 Å². The third-order valence-electron chi connectivity index (χ3n) is 2.00. The maximum Gasteiger partial charge on any atom is 0.325 e. The molecule has 0 saturated heterocycles. The molecule has 0 bridgehead atoms. The predicted molar refractivity (Wildman–Crippen MR) is 50.8 cm³/mol. The summed E-state index contributed by atoms with van der Waals surface area (Å²) in [4.78, 5) is 10.5. The third-order valence-corrected chi connectivity index (χ3v) is 2.00. The van der Waals surface area contributed by atoms with Gasteiger partial charge in [0.25, 0.3) is 0 Å². The monoisotopic (exact) mass is 240 g/mol. The lowest BCUT2D eigenvalue weighted by atomic mass is 10.2. The van der Waals surface area contributed by atoms with Gasteiger partial charge in [0, 0.05) is 0 Å². The molecule has 1 aromatic carbocycles. The molecule has 1 aromatic heterocycles. The van der Waals surface area contributed by atoms with Gasteiger partial charge in [-0.2, -0.15) is 0 Å². The lowest BCUT2D eigenvalue weighted by Crippen LogP contribution is -2.12. The van der Waals surface area contributed by atoms with Gasteiger partial charge in [-0.25, -0.2) is 13.5 Å². The van der Waals surface area contributed by atoms with E-state index in [-0.39, 0.29) is 5.82 Å². The number of aliphatic carboxylic acids is 1. The quantitative estimate of drug-likeness (QED) is 0.854. The molecule has 0 aliphatic carbocycles. The summed E-state index contributed by atoms with van der Waals surface area (Å²) < 4.78 is 27.7. The molecule has 6 nitrogen and oxygen atoms in total. The van der Waals surface area contributed by atoms with Gasteiger partial charge < -0.3 is 5.11 Å². The molecule has 0 atom stereocenters. The lowest BCUT2D eigenvalue weighted by Gasteiger charge is -2.03. The molecule has 17 heavy (non-hydrogen) atoms. The first kappa shape index (κ1) is 11.1. The standard InChI is InChI=1S/C9H6F2N4O2/c10-5-2-1-3-6(11)8(5)9-12-13-14-15(9)4-7(16)17/h1-3H,4H2,(H,16,17). The fraction of sp³-hybridized carbons (Fsp3) is 0.111. The summed E-state index contributed by atoms with van der Waals surface area (Å²) in [6.07, 6.45) is 0. The number of carboxylic acid groups (broad SMARTS) is 1. The molecule has 0 aliphatic rings. The second-order valence-electron chi connectivity index (χ2n) is 3.15. The van der Waals surface area contributed by atoms with Crippen molar-refractivity contribution in [3.05, 3.63) is 29.8 Å². The van der Waals surface area contributed by atoms with Gasteiger partial charge in [-0.3, -0.25) is 4.79 Å². The summed E-state index contributed by atoms with van der Waals surface area (Å²) in [5.41, 5.74) is -0.446. The van der Waals surface area contributed by atoms with Gasteiger partial charge in [0.2, 0.25) is 0 Å². The van der Waals surface area contributed by atoms with E-state index in [9.17, 15) is 13.6 Å². The zero-order chi connectivity index (χ0) is 12.4. The van der Waals surface area contributed by atoms with E-state index in [0.29, 0.717) is 0 Å². The highest BCUT2D eigenvalue weighted by Crippen LogP contribution is 2.23. The molecule has 1 N–H and O–H groups in total. The highest BCUT2D eigenvalue weighted by molar-refractivity contribution is 5.67. The van der Waals surface area contributed by atoms with E-state index >= 15 is 0 Å². The van der Waals surface area contributed by atoms with Gasteiger partial charge in [0.05, 0.1) is 5.56 Å². The lowest BCUT2D eigenvalue weighted by molar-refractivity contribution is -0.137. The number of nitrogens with zero attached hydrogens (tertiary/aromatic N) is 4. The molecule has 2 rings (SSSR count). The van der Waals surface area contributed by atoms with Gasteiger partial charge >= 0.3 is 5.97 Å². The fourth-order valence-electron chi connectivity index (χ4n) is 1.33. The summed E-state index contributed by atoms with van der Waals surface area (Å²) in [7, 11) is 0. The Bertz CT molecular complexity index is 550. The second-order valence-corrected chi connectivity index (χ2v) is 3.15. The van der Waals surface area contributed by atoms with Crippen molar-refractivity contribution in [2.45, 2.75) is 6.54 Å². The van der Waals surface area contributed by atoms with Gasteiger partial charge in [-0.05, 0) is 22.6 Å². The van der Waals surface area contributed by atoms with Crippen molar-refractivity contribution in [3.63, 3.8) is 0 Å². The van der Waals surface area contributed by atoms with Crippen molar-refractivity contribution in [2.24, 2.45) is 0 Å². The predicted octanol–water partition coefficient (Wildman–Crippen LogP) is 0.703. The highest BCUT2D eigenvalue weighted by Gasteiger charge is 2.19. The van der Waals surface area contributed by atoms with Crippen LogP contribution in [0.1, 0.15) is 0 Å².